The highest BCUT2D eigenvalue weighted by atomic mass is 19.1. The standard InChI is InChI=1S/C22H18F2N6O3/c23-14-2-1-3-15(24)19(14)30-11-13(18-17(22(30)32)20(25)28-27-18)16-10-12(4-5-26-16)21(31)29-6-8-33-9-7-29/h1-5,10-11H,6-9H2,(H3,25,27,28). The second-order valence-corrected chi connectivity index (χ2v) is 7.48. The van der Waals surface area contributed by atoms with Crippen LogP contribution in [0.3, 0.4) is 0 Å². The number of carbonyl (C=O) groups is 1. The summed E-state index contributed by atoms with van der Waals surface area (Å²) in [4.78, 5) is 32.0. The van der Waals surface area contributed by atoms with Gasteiger partial charge < -0.3 is 15.4 Å². The Morgan fingerprint density at radius 2 is 1.88 bits per heavy atom. The van der Waals surface area contributed by atoms with Crippen LogP contribution in [-0.2, 0) is 4.74 Å². The van der Waals surface area contributed by atoms with Gasteiger partial charge in [0.05, 0.1) is 24.4 Å². The molecule has 0 radical (unpaired) electrons. The van der Waals surface area contributed by atoms with E-state index in [1.165, 1.54) is 18.5 Å². The first-order valence-corrected chi connectivity index (χ1v) is 10.1. The number of aromatic amines is 1. The predicted molar refractivity (Wildman–Crippen MR) is 116 cm³/mol. The highest BCUT2D eigenvalue weighted by molar-refractivity contribution is 5.99. The molecule has 0 atom stereocenters. The van der Waals surface area contributed by atoms with E-state index in [9.17, 15) is 18.4 Å². The molecule has 1 aromatic carbocycles. The van der Waals surface area contributed by atoms with Crippen molar-refractivity contribution >= 4 is 22.6 Å². The van der Waals surface area contributed by atoms with Gasteiger partial charge in [-0.2, -0.15) is 5.10 Å². The van der Waals surface area contributed by atoms with Gasteiger partial charge in [0.15, 0.2) is 5.82 Å². The van der Waals surface area contributed by atoms with Crippen LogP contribution in [0.4, 0.5) is 14.6 Å². The summed E-state index contributed by atoms with van der Waals surface area (Å²) in [6, 6.07) is 6.43. The number of hydrogen-bond acceptors (Lipinski definition) is 6. The number of nitrogens with one attached hydrogen (secondary N) is 1. The van der Waals surface area contributed by atoms with Gasteiger partial charge in [0.1, 0.15) is 22.7 Å². The molecule has 0 unspecified atom stereocenters. The van der Waals surface area contributed by atoms with Gasteiger partial charge in [-0.25, -0.2) is 8.78 Å². The third-order valence-corrected chi connectivity index (χ3v) is 5.51. The van der Waals surface area contributed by atoms with Crippen molar-refractivity contribution in [2.24, 2.45) is 0 Å². The zero-order valence-corrected chi connectivity index (χ0v) is 17.2. The van der Waals surface area contributed by atoms with Crippen LogP contribution in [-0.4, -0.2) is 56.9 Å². The molecular weight excluding hydrogens is 434 g/mol. The number of hydrogen-bond donors (Lipinski definition) is 2. The molecule has 0 bridgehead atoms. The third kappa shape index (κ3) is 3.52. The van der Waals surface area contributed by atoms with E-state index in [4.69, 9.17) is 10.5 Å². The Morgan fingerprint density at radius 1 is 1.15 bits per heavy atom. The van der Waals surface area contributed by atoms with Crippen molar-refractivity contribution in [3.05, 3.63) is 70.3 Å². The van der Waals surface area contributed by atoms with E-state index < -0.39 is 22.9 Å². The number of pyridine rings is 2. The second-order valence-electron chi connectivity index (χ2n) is 7.48. The number of carbonyl (C=O) groups excluding carboxylic acids is 1. The first-order valence-electron chi connectivity index (χ1n) is 10.1. The van der Waals surface area contributed by atoms with Crippen molar-refractivity contribution < 1.29 is 18.3 Å². The normalized spacial score (nSPS) is 14.1. The minimum atomic E-state index is -0.923. The molecule has 33 heavy (non-hydrogen) atoms. The van der Waals surface area contributed by atoms with Crippen molar-refractivity contribution in [1.82, 2.24) is 24.6 Å². The van der Waals surface area contributed by atoms with E-state index >= 15 is 0 Å². The molecule has 3 N–H and O–H groups in total. The summed E-state index contributed by atoms with van der Waals surface area (Å²) in [7, 11) is 0. The van der Waals surface area contributed by atoms with Crippen LogP contribution < -0.4 is 11.3 Å². The minimum absolute atomic E-state index is 0.0399. The first-order chi connectivity index (χ1) is 16.0. The van der Waals surface area contributed by atoms with Crippen molar-refractivity contribution in [3.63, 3.8) is 0 Å². The molecule has 1 fully saturated rings. The SMILES string of the molecule is Nc1n[nH]c2c(-c3cc(C(=O)N4CCOCC4)ccn3)cn(-c3c(F)cccc3F)c(=O)c12. The average molecular weight is 452 g/mol. The lowest BCUT2D eigenvalue weighted by molar-refractivity contribution is 0.0303. The number of rotatable bonds is 3. The van der Waals surface area contributed by atoms with Gasteiger partial charge in [-0.15, -0.1) is 0 Å². The quantitative estimate of drug-likeness (QED) is 0.492. The van der Waals surface area contributed by atoms with E-state index in [-0.39, 0.29) is 22.6 Å². The lowest BCUT2D eigenvalue weighted by atomic mass is 10.1. The fourth-order valence-corrected chi connectivity index (χ4v) is 3.88. The number of benzene rings is 1. The van der Waals surface area contributed by atoms with E-state index in [0.29, 0.717) is 43.1 Å². The Hall–Kier alpha value is -4.12. The zero-order valence-electron chi connectivity index (χ0n) is 17.2. The van der Waals surface area contributed by atoms with Gasteiger partial charge in [-0.05, 0) is 24.3 Å². The predicted octanol–water partition coefficient (Wildman–Crippen LogP) is 2.11. The number of nitrogens with zero attached hydrogens (tertiary/aromatic N) is 4. The Morgan fingerprint density at radius 3 is 2.61 bits per heavy atom. The van der Waals surface area contributed by atoms with Gasteiger partial charge in [0.25, 0.3) is 11.5 Å². The summed E-state index contributed by atoms with van der Waals surface area (Å²) in [5.41, 5.74) is 5.81. The molecular formula is C22H18F2N6O3. The van der Waals surface area contributed by atoms with Gasteiger partial charge in [0, 0.05) is 36.6 Å². The topological polar surface area (TPSA) is 119 Å². The molecule has 1 saturated heterocycles. The molecule has 1 aliphatic heterocycles. The van der Waals surface area contributed by atoms with Gasteiger partial charge >= 0.3 is 0 Å². The molecule has 0 spiro atoms. The fourth-order valence-electron chi connectivity index (χ4n) is 3.88. The van der Waals surface area contributed by atoms with Crippen molar-refractivity contribution in [1.29, 1.82) is 0 Å². The van der Waals surface area contributed by atoms with E-state index in [2.05, 4.69) is 15.2 Å². The number of H-pyrrole nitrogens is 1. The summed E-state index contributed by atoms with van der Waals surface area (Å²) in [6.07, 6.45) is 2.71. The molecule has 168 valence electrons. The number of ether oxygens (including phenoxy) is 1. The Kier molecular flexibility index (Phi) is 5.09. The molecule has 1 aliphatic rings. The average Bonchev–Trinajstić information content (AvgIpc) is 3.22. The molecule has 11 heteroatoms. The smallest absolute Gasteiger partial charge is 0.268 e. The number of nitrogens with two attached hydrogens (primary N) is 1. The molecule has 0 aliphatic carbocycles. The van der Waals surface area contributed by atoms with Crippen LogP contribution in [0.25, 0.3) is 27.8 Å². The molecule has 5 rings (SSSR count). The van der Waals surface area contributed by atoms with Gasteiger partial charge in [-0.1, -0.05) is 6.07 Å². The lowest BCUT2D eigenvalue weighted by Gasteiger charge is -2.26. The maximum Gasteiger partial charge on any atom is 0.268 e. The number of anilines is 1. The monoisotopic (exact) mass is 452 g/mol. The zero-order chi connectivity index (χ0) is 23.1. The van der Waals surface area contributed by atoms with E-state index in [0.717, 1.165) is 16.7 Å². The number of fused-ring (bicyclic) bond motifs is 1. The highest BCUT2D eigenvalue weighted by Gasteiger charge is 2.23. The summed E-state index contributed by atoms with van der Waals surface area (Å²) in [5.74, 6) is -2.17. The largest absolute Gasteiger partial charge is 0.382 e. The molecule has 1 amide bonds. The number of halogens is 2. The Balaban J connectivity index is 1.70. The van der Waals surface area contributed by atoms with E-state index in [1.807, 2.05) is 0 Å². The highest BCUT2D eigenvalue weighted by Crippen LogP contribution is 2.29. The van der Waals surface area contributed by atoms with E-state index in [1.54, 1.807) is 17.0 Å². The number of amides is 1. The van der Waals surface area contributed by atoms with Crippen molar-refractivity contribution in [2.45, 2.75) is 0 Å². The summed E-state index contributed by atoms with van der Waals surface area (Å²) >= 11 is 0. The van der Waals surface area contributed by atoms with Crippen LogP contribution in [0.15, 0.2) is 47.5 Å². The Labute approximate surface area is 185 Å². The number of para-hydroxylation sites is 1. The third-order valence-electron chi connectivity index (χ3n) is 5.51. The summed E-state index contributed by atoms with van der Waals surface area (Å²) < 4.78 is 35.2. The van der Waals surface area contributed by atoms with Gasteiger partial charge in [-0.3, -0.25) is 24.2 Å². The van der Waals surface area contributed by atoms with Gasteiger partial charge in [0.2, 0.25) is 0 Å². The second kappa shape index (κ2) is 8.10. The van der Waals surface area contributed by atoms with Crippen LogP contribution in [0.5, 0.6) is 0 Å². The number of nitrogen functional groups attached to an aromatic ring is 1. The molecule has 3 aromatic heterocycles. The fraction of sp³-hybridized carbons (Fsp3) is 0.182. The van der Waals surface area contributed by atoms with Crippen molar-refractivity contribution in [2.75, 3.05) is 32.0 Å². The Bertz CT molecular complexity index is 1420. The first kappa shape index (κ1) is 20.8. The summed E-state index contributed by atoms with van der Waals surface area (Å²) in [5, 5.41) is 6.54. The van der Waals surface area contributed by atoms with Crippen LogP contribution in [0.2, 0.25) is 0 Å². The summed E-state index contributed by atoms with van der Waals surface area (Å²) in [6.45, 7) is 1.85. The van der Waals surface area contributed by atoms with Crippen LogP contribution in [0, 0.1) is 11.6 Å². The molecule has 4 aromatic rings. The van der Waals surface area contributed by atoms with Crippen LogP contribution in [0.1, 0.15) is 10.4 Å². The van der Waals surface area contributed by atoms with Crippen molar-refractivity contribution in [3.8, 4) is 16.9 Å². The lowest BCUT2D eigenvalue weighted by Crippen LogP contribution is -2.40. The van der Waals surface area contributed by atoms with Crippen LogP contribution >= 0.6 is 0 Å². The molecule has 4 heterocycles. The minimum Gasteiger partial charge on any atom is -0.382 e. The maximum atomic E-state index is 14.5. The molecule has 9 nitrogen and oxygen atoms in total. The maximum absolute atomic E-state index is 14.5. The number of morpholine rings is 1. The number of aromatic nitrogens is 4. The molecule has 0 saturated carbocycles.